The number of nitrogens with zero attached hydrogens (tertiary/aromatic N) is 4. The molecule has 6 rings (SSSR count). The molecule has 178 valence electrons. The van der Waals surface area contributed by atoms with E-state index in [1.807, 2.05) is 6.07 Å². The number of alkyl halides is 2. The Bertz CT molecular complexity index is 1120. The Kier molecular flexibility index (Phi) is 5.64. The van der Waals surface area contributed by atoms with Crippen LogP contribution in [0.4, 0.5) is 14.7 Å². The van der Waals surface area contributed by atoms with Crippen molar-refractivity contribution in [3.63, 3.8) is 0 Å². The minimum absolute atomic E-state index is 0.0867. The average molecular weight is 469 g/mol. The predicted molar refractivity (Wildman–Crippen MR) is 120 cm³/mol. The van der Waals surface area contributed by atoms with E-state index < -0.39 is 6.61 Å². The maximum Gasteiger partial charge on any atom is 0.387 e. The summed E-state index contributed by atoms with van der Waals surface area (Å²) in [4.78, 5) is 11.3. The Labute approximate surface area is 196 Å². The molecule has 1 aromatic carbocycles. The summed E-state index contributed by atoms with van der Waals surface area (Å²) in [5.74, 6) is 2.00. The van der Waals surface area contributed by atoms with Gasteiger partial charge in [-0.25, -0.2) is 9.97 Å². The minimum Gasteiger partial charge on any atom is -0.434 e. The topological polar surface area (TPSA) is 73.5 Å². The fraction of sp³-hybridized carbons (Fsp3) is 0.480. The fourth-order valence-corrected chi connectivity index (χ4v) is 5.42. The Balaban J connectivity index is 1.21. The maximum atomic E-state index is 13.0. The first-order chi connectivity index (χ1) is 16.7. The molecular weight excluding hydrogens is 442 g/mol. The molecule has 2 aromatic heterocycles. The van der Waals surface area contributed by atoms with E-state index in [2.05, 4.69) is 20.0 Å². The summed E-state index contributed by atoms with van der Waals surface area (Å²) in [7, 11) is 0. The third-order valence-corrected chi connectivity index (χ3v) is 7.06. The summed E-state index contributed by atoms with van der Waals surface area (Å²) in [6.45, 7) is -2.58. The van der Waals surface area contributed by atoms with Crippen molar-refractivity contribution in [2.24, 2.45) is 0 Å². The van der Waals surface area contributed by atoms with E-state index in [4.69, 9.17) is 14.0 Å². The van der Waals surface area contributed by atoms with Gasteiger partial charge >= 0.3 is 6.61 Å². The number of para-hydroxylation sites is 1. The minimum atomic E-state index is -2.91. The number of rotatable bonds is 8. The van der Waals surface area contributed by atoms with Crippen molar-refractivity contribution < 1.29 is 22.8 Å². The lowest BCUT2D eigenvalue weighted by Gasteiger charge is -2.38. The number of piperidine rings is 1. The van der Waals surface area contributed by atoms with Crippen LogP contribution in [0.3, 0.4) is 0 Å². The van der Waals surface area contributed by atoms with Crippen LogP contribution in [-0.2, 0) is 11.3 Å². The third kappa shape index (κ3) is 4.13. The van der Waals surface area contributed by atoms with Gasteiger partial charge in [-0.1, -0.05) is 17.3 Å². The highest BCUT2D eigenvalue weighted by atomic mass is 19.3. The largest absolute Gasteiger partial charge is 0.434 e. The molecule has 2 bridgehead atoms. The monoisotopic (exact) mass is 468 g/mol. The number of fused-ring (bicyclic) bond motifs is 2. The SMILES string of the molecule is FC(F)Oc1ccccc1-c1noc(C2CC2)c1COC1CC2CCC(C1)N2c1ncccn1. The lowest BCUT2D eigenvalue weighted by atomic mass is 9.99. The first kappa shape index (κ1) is 21.5. The first-order valence-corrected chi connectivity index (χ1v) is 11.9. The number of hydrogen-bond acceptors (Lipinski definition) is 7. The molecule has 1 aliphatic carbocycles. The second-order valence-electron chi connectivity index (χ2n) is 9.27. The molecule has 2 atom stereocenters. The van der Waals surface area contributed by atoms with Gasteiger partial charge in [-0.15, -0.1) is 0 Å². The molecule has 9 heteroatoms. The smallest absolute Gasteiger partial charge is 0.387 e. The van der Waals surface area contributed by atoms with Gasteiger partial charge in [0.15, 0.2) is 0 Å². The molecule has 0 spiro atoms. The molecule has 1 saturated carbocycles. The number of benzene rings is 1. The molecule has 3 fully saturated rings. The van der Waals surface area contributed by atoms with E-state index in [0.717, 1.165) is 55.8 Å². The molecule has 3 aliphatic rings. The Hall–Kier alpha value is -3.07. The maximum absolute atomic E-state index is 13.0. The Morgan fingerprint density at radius 2 is 1.74 bits per heavy atom. The molecule has 7 nitrogen and oxygen atoms in total. The summed E-state index contributed by atoms with van der Waals surface area (Å²) in [5.41, 5.74) is 1.86. The summed E-state index contributed by atoms with van der Waals surface area (Å²) in [5, 5.41) is 4.27. The lowest BCUT2D eigenvalue weighted by molar-refractivity contribution is -0.0494. The van der Waals surface area contributed by atoms with Gasteiger partial charge in [-0.05, 0) is 56.7 Å². The van der Waals surface area contributed by atoms with Crippen molar-refractivity contribution >= 4 is 5.95 Å². The molecule has 0 N–H and O–H groups in total. The van der Waals surface area contributed by atoms with E-state index >= 15 is 0 Å². The van der Waals surface area contributed by atoms with E-state index in [9.17, 15) is 8.78 Å². The normalized spacial score (nSPS) is 24.1. The van der Waals surface area contributed by atoms with Crippen molar-refractivity contribution in [2.45, 2.75) is 75.8 Å². The lowest BCUT2D eigenvalue weighted by Crippen LogP contribution is -2.46. The van der Waals surface area contributed by atoms with Crippen molar-refractivity contribution in [1.29, 1.82) is 0 Å². The summed E-state index contributed by atoms with van der Waals surface area (Å²) in [6.07, 6.45) is 9.75. The molecule has 4 heterocycles. The second-order valence-corrected chi connectivity index (χ2v) is 9.27. The van der Waals surface area contributed by atoms with Crippen molar-refractivity contribution in [3.05, 3.63) is 54.0 Å². The predicted octanol–water partition coefficient (Wildman–Crippen LogP) is 5.33. The van der Waals surface area contributed by atoms with Crippen molar-refractivity contribution in [3.8, 4) is 17.0 Å². The van der Waals surface area contributed by atoms with E-state index in [0.29, 0.717) is 35.9 Å². The van der Waals surface area contributed by atoms with E-state index in [1.165, 1.54) is 6.07 Å². The molecule has 2 saturated heterocycles. The van der Waals surface area contributed by atoms with Crippen LogP contribution in [-0.4, -0.2) is 39.9 Å². The molecule has 34 heavy (non-hydrogen) atoms. The van der Waals surface area contributed by atoms with Gasteiger partial charge in [0.25, 0.3) is 0 Å². The van der Waals surface area contributed by atoms with E-state index in [1.54, 1.807) is 30.6 Å². The standard InChI is InChI=1S/C25H26F2N4O3/c26-24(27)33-21-5-2-1-4-19(21)22-20(23(34-30-22)15-6-7-15)14-32-18-12-16-8-9-17(13-18)31(16)25-28-10-3-11-29-25/h1-5,10-11,15-18,24H,6-9,12-14H2. The van der Waals surface area contributed by atoms with Crippen molar-refractivity contribution in [1.82, 2.24) is 15.1 Å². The quantitative estimate of drug-likeness (QED) is 0.443. The molecule has 0 amide bonds. The van der Waals surface area contributed by atoms with Gasteiger partial charge in [0.05, 0.1) is 12.7 Å². The molecule has 2 aliphatic heterocycles. The molecule has 0 radical (unpaired) electrons. The zero-order valence-electron chi connectivity index (χ0n) is 18.6. The number of aromatic nitrogens is 3. The molecule has 3 aromatic rings. The van der Waals surface area contributed by atoms with Crippen molar-refractivity contribution in [2.75, 3.05) is 4.90 Å². The highest BCUT2D eigenvalue weighted by Crippen LogP contribution is 2.46. The van der Waals surface area contributed by atoms with Crippen LogP contribution in [0.5, 0.6) is 5.75 Å². The summed E-state index contributed by atoms with van der Waals surface area (Å²) < 4.78 is 42.9. The van der Waals surface area contributed by atoms with Crippen LogP contribution in [0.1, 0.15) is 55.8 Å². The van der Waals surface area contributed by atoms with Gasteiger partial charge in [-0.3, -0.25) is 0 Å². The Morgan fingerprint density at radius 1 is 1.00 bits per heavy atom. The van der Waals surface area contributed by atoms with Crippen LogP contribution in [0.15, 0.2) is 47.2 Å². The number of halogens is 2. The molecule has 2 unspecified atom stereocenters. The summed E-state index contributed by atoms with van der Waals surface area (Å²) >= 11 is 0. The average Bonchev–Trinajstić information content (AvgIpc) is 3.55. The first-order valence-electron chi connectivity index (χ1n) is 11.9. The highest BCUT2D eigenvalue weighted by Gasteiger charge is 2.43. The third-order valence-electron chi connectivity index (χ3n) is 7.06. The van der Waals surface area contributed by atoms with E-state index in [-0.39, 0.29) is 11.9 Å². The van der Waals surface area contributed by atoms with Crippen LogP contribution in [0.2, 0.25) is 0 Å². The summed E-state index contributed by atoms with van der Waals surface area (Å²) in [6, 6.07) is 9.25. The van der Waals surface area contributed by atoms with Gasteiger partial charge in [0.1, 0.15) is 17.2 Å². The van der Waals surface area contributed by atoms with Gasteiger partial charge in [0.2, 0.25) is 5.95 Å². The molecular formula is C25H26F2N4O3. The number of ether oxygens (including phenoxy) is 2. The number of hydrogen-bond donors (Lipinski definition) is 0. The van der Waals surface area contributed by atoms with Crippen LogP contribution in [0, 0.1) is 0 Å². The highest BCUT2D eigenvalue weighted by molar-refractivity contribution is 5.70. The second kappa shape index (κ2) is 8.94. The van der Waals surface area contributed by atoms with Crippen LogP contribution in [0.25, 0.3) is 11.3 Å². The fourth-order valence-electron chi connectivity index (χ4n) is 5.42. The van der Waals surface area contributed by atoms with Crippen LogP contribution >= 0.6 is 0 Å². The van der Waals surface area contributed by atoms with Gasteiger partial charge < -0.3 is 18.9 Å². The zero-order chi connectivity index (χ0) is 23.1. The zero-order valence-corrected chi connectivity index (χ0v) is 18.6. The van der Waals surface area contributed by atoms with Crippen LogP contribution < -0.4 is 9.64 Å². The Morgan fingerprint density at radius 3 is 2.44 bits per heavy atom. The van der Waals surface area contributed by atoms with Gasteiger partial charge in [0, 0.05) is 41.5 Å². The van der Waals surface area contributed by atoms with Gasteiger partial charge in [-0.2, -0.15) is 8.78 Å². The number of anilines is 1.